The fourth-order valence-corrected chi connectivity index (χ4v) is 2.23. The van der Waals surface area contributed by atoms with Crippen LogP contribution in [0.25, 0.3) is 0 Å². The number of anilines is 1. The summed E-state index contributed by atoms with van der Waals surface area (Å²) in [6, 6.07) is 9.64. The second-order valence-electron chi connectivity index (χ2n) is 6.03. The number of amides is 1. The van der Waals surface area contributed by atoms with Crippen LogP contribution in [0.5, 0.6) is 0 Å². The number of hydrogen-bond donors (Lipinski definition) is 1. The maximum atomic E-state index is 13.5. The first-order chi connectivity index (χ1) is 12.8. The highest BCUT2D eigenvalue weighted by molar-refractivity contribution is 5.98. The highest BCUT2D eigenvalue weighted by Crippen LogP contribution is 2.16. The Bertz CT molecular complexity index is 850. The van der Waals surface area contributed by atoms with Gasteiger partial charge in [-0.25, -0.2) is 8.78 Å². The zero-order valence-electron chi connectivity index (χ0n) is 14.9. The van der Waals surface area contributed by atoms with Crippen molar-refractivity contribution in [2.45, 2.75) is 32.8 Å². The van der Waals surface area contributed by atoms with Gasteiger partial charge in [-0.2, -0.15) is 0 Å². The van der Waals surface area contributed by atoms with Gasteiger partial charge in [0.1, 0.15) is 11.6 Å². The SMILES string of the molecule is Cc1ccc(C(=O)CCC(=O)O[C@@H](C)C(=O)Nc2ccc(F)cc2F)cc1. The van der Waals surface area contributed by atoms with Crippen LogP contribution in [-0.2, 0) is 14.3 Å². The Balaban J connectivity index is 1.82. The first-order valence-corrected chi connectivity index (χ1v) is 8.31. The number of benzene rings is 2. The number of rotatable bonds is 7. The number of carbonyl (C=O) groups excluding carboxylic acids is 3. The van der Waals surface area contributed by atoms with E-state index in [0.717, 1.165) is 17.7 Å². The van der Waals surface area contributed by atoms with Crippen molar-refractivity contribution < 1.29 is 27.9 Å². The van der Waals surface area contributed by atoms with Gasteiger partial charge in [-0.15, -0.1) is 0 Å². The highest BCUT2D eigenvalue weighted by atomic mass is 19.1. The summed E-state index contributed by atoms with van der Waals surface area (Å²) in [5.41, 5.74) is 1.29. The summed E-state index contributed by atoms with van der Waals surface area (Å²) in [5, 5.41) is 2.21. The van der Waals surface area contributed by atoms with Crippen LogP contribution in [0.2, 0.25) is 0 Å². The molecule has 0 heterocycles. The van der Waals surface area contributed by atoms with Gasteiger partial charge in [0.2, 0.25) is 0 Å². The molecule has 5 nitrogen and oxygen atoms in total. The molecule has 2 aromatic rings. The van der Waals surface area contributed by atoms with Crippen molar-refractivity contribution in [3.63, 3.8) is 0 Å². The van der Waals surface area contributed by atoms with E-state index < -0.39 is 29.6 Å². The monoisotopic (exact) mass is 375 g/mol. The smallest absolute Gasteiger partial charge is 0.307 e. The van der Waals surface area contributed by atoms with Gasteiger partial charge in [-0.1, -0.05) is 29.8 Å². The number of nitrogens with one attached hydrogen (secondary N) is 1. The molecule has 1 atom stereocenters. The van der Waals surface area contributed by atoms with Gasteiger partial charge in [-0.05, 0) is 26.0 Å². The van der Waals surface area contributed by atoms with Gasteiger partial charge in [0.05, 0.1) is 12.1 Å². The summed E-state index contributed by atoms with van der Waals surface area (Å²) < 4.78 is 31.3. The van der Waals surface area contributed by atoms with E-state index in [1.54, 1.807) is 24.3 Å². The van der Waals surface area contributed by atoms with Crippen molar-refractivity contribution in [3.05, 3.63) is 65.2 Å². The van der Waals surface area contributed by atoms with Crippen LogP contribution in [0.15, 0.2) is 42.5 Å². The Hall–Kier alpha value is -3.09. The summed E-state index contributed by atoms with van der Waals surface area (Å²) in [7, 11) is 0. The summed E-state index contributed by atoms with van der Waals surface area (Å²) in [5.74, 6) is -3.41. The first kappa shape index (κ1) is 20.2. The Labute approximate surface area is 155 Å². The van der Waals surface area contributed by atoms with Crippen molar-refractivity contribution in [1.82, 2.24) is 0 Å². The zero-order chi connectivity index (χ0) is 20.0. The molecule has 0 aromatic heterocycles. The molecule has 27 heavy (non-hydrogen) atoms. The lowest BCUT2D eigenvalue weighted by Crippen LogP contribution is -2.30. The van der Waals surface area contributed by atoms with Gasteiger partial charge in [0.25, 0.3) is 5.91 Å². The van der Waals surface area contributed by atoms with Crippen LogP contribution in [0.4, 0.5) is 14.5 Å². The number of ketones is 1. The van der Waals surface area contributed by atoms with Crippen LogP contribution in [-0.4, -0.2) is 23.8 Å². The molecule has 0 radical (unpaired) electrons. The fraction of sp³-hybridized carbons (Fsp3) is 0.250. The molecule has 2 aromatic carbocycles. The van der Waals surface area contributed by atoms with Crippen molar-refractivity contribution in [2.24, 2.45) is 0 Å². The Morgan fingerprint density at radius 2 is 1.70 bits per heavy atom. The summed E-state index contributed by atoms with van der Waals surface area (Å²) >= 11 is 0. The predicted molar refractivity (Wildman–Crippen MR) is 95.3 cm³/mol. The van der Waals surface area contributed by atoms with E-state index in [-0.39, 0.29) is 24.3 Å². The van der Waals surface area contributed by atoms with Crippen LogP contribution >= 0.6 is 0 Å². The molecule has 0 bridgehead atoms. The lowest BCUT2D eigenvalue weighted by atomic mass is 10.1. The lowest BCUT2D eigenvalue weighted by molar-refractivity contribution is -0.153. The number of aryl methyl sites for hydroxylation is 1. The predicted octanol–water partition coefficient (Wildman–Crippen LogP) is 3.81. The molecule has 0 aliphatic carbocycles. The number of hydrogen-bond acceptors (Lipinski definition) is 4. The average molecular weight is 375 g/mol. The lowest BCUT2D eigenvalue weighted by Gasteiger charge is -2.14. The second-order valence-corrected chi connectivity index (χ2v) is 6.03. The summed E-state index contributed by atoms with van der Waals surface area (Å²) in [4.78, 5) is 35.8. The molecule has 0 aliphatic heterocycles. The number of Topliss-reactive ketones (excluding diaryl/α,β-unsaturated/α-hetero) is 1. The van der Waals surface area contributed by atoms with Crippen LogP contribution < -0.4 is 5.32 Å². The largest absolute Gasteiger partial charge is 0.453 e. The van der Waals surface area contributed by atoms with Gasteiger partial charge in [-0.3, -0.25) is 14.4 Å². The number of carbonyl (C=O) groups is 3. The van der Waals surface area contributed by atoms with Crippen molar-refractivity contribution in [2.75, 3.05) is 5.32 Å². The molecule has 1 amide bonds. The Kier molecular flexibility index (Phi) is 6.76. The number of ether oxygens (including phenoxy) is 1. The summed E-state index contributed by atoms with van der Waals surface area (Å²) in [6.07, 6.45) is -1.44. The molecule has 2 rings (SSSR count). The third-order valence-electron chi connectivity index (χ3n) is 3.80. The molecule has 0 saturated carbocycles. The molecule has 0 aliphatic rings. The molecule has 1 N–H and O–H groups in total. The third kappa shape index (κ3) is 5.99. The normalized spacial score (nSPS) is 11.6. The topological polar surface area (TPSA) is 72.5 Å². The summed E-state index contributed by atoms with van der Waals surface area (Å²) in [6.45, 7) is 3.21. The van der Waals surface area contributed by atoms with Crippen LogP contribution in [0, 0.1) is 18.6 Å². The van der Waals surface area contributed by atoms with Crippen LogP contribution in [0.3, 0.4) is 0 Å². The number of halogens is 2. The Morgan fingerprint density at radius 3 is 2.33 bits per heavy atom. The third-order valence-corrected chi connectivity index (χ3v) is 3.80. The van der Waals surface area contributed by atoms with E-state index in [0.29, 0.717) is 11.6 Å². The van der Waals surface area contributed by atoms with Crippen LogP contribution in [0.1, 0.15) is 35.7 Å². The molecule has 0 spiro atoms. The number of esters is 1. The van der Waals surface area contributed by atoms with Crippen molar-refractivity contribution in [3.8, 4) is 0 Å². The molecule has 142 valence electrons. The average Bonchev–Trinajstić information content (AvgIpc) is 2.62. The van der Waals surface area contributed by atoms with Crippen molar-refractivity contribution >= 4 is 23.3 Å². The quantitative estimate of drug-likeness (QED) is 0.590. The van der Waals surface area contributed by atoms with E-state index in [1.807, 2.05) is 6.92 Å². The van der Waals surface area contributed by atoms with E-state index in [2.05, 4.69) is 5.32 Å². The minimum absolute atomic E-state index is 0.0528. The molecule has 0 fully saturated rings. The minimum Gasteiger partial charge on any atom is -0.453 e. The fourth-order valence-electron chi connectivity index (χ4n) is 2.23. The highest BCUT2D eigenvalue weighted by Gasteiger charge is 2.20. The minimum atomic E-state index is -1.20. The molecular formula is C20H19F2NO4. The molecule has 0 unspecified atom stereocenters. The Morgan fingerprint density at radius 1 is 1.04 bits per heavy atom. The van der Waals surface area contributed by atoms with Gasteiger partial charge in [0, 0.05) is 18.1 Å². The molecule has 0 saturated heterocycles. The van der Waals surface area contributed by atoms with Gasteiger partial charge in [0.15, 0.2) is 11.9 Å². The van der Waals surface area contributed by atoms with E-state index >= 15 is 0 Å². The maximum Gasteiger partial charge on any atom is 0.307 e. The standard InChI is InChI=1S/C20H19F2NO4/c1-12-3-5-14(6-4-12)18(24)9-10-19(25)27-13(2)20(26)23-17-8-7-15(21)11-16(17)22/h3-8,11,13H,9-10H2,1-2H3,(H,23,26)/t13-/m0/s1. The molecular weight excluding hydrogens is 356 g/mol. The second kappa shape index (κ2) is 9.02. The van der Waals surface area contributed by atoms with Crippen molar-refractivity contribution in [1.29, 1.82) is 0 Å². The maximum absolute atomic E-state index is 13.5. The zero-order valence-corrected chi connectivity index (χ0v) is 14.9. The van der Waals surface area contributed by atoms with E-state index in [1.165, 1.54) is 6.92 Å². The van der Waals surface area contributed by atoms with Gasteiger partial charge >= 0.3 is 5.97 Å². The van der Waals surface area contributed by atoms with E-state index in [4.69, 9.17) is 4.74 Å². The first-order valence-electron chi connectivity index (χ1n) is 8.31. The van der Waals surface area contributed by atoms with E-state index in [9.17, 15) is 23.2 Å². The van der Waals surface area contributed by atoms with Gasteiger partial charge < -0.3 is 10.1 Å². The molecule has 7 heteroatoms.